The number of sulfone groups is 1. The Morgan fingerprint density at radius 1 is 1.14 bits per heavy atom. The highest BCUT2D eigenvalue weighted by Gasteiger charge is 2.48. The zero-order chi connectivity index (χ0) is 20.3. The number of sulfonamides is 1. The van der Waals surface area contributed by atoms with Crippen molar-refractivity contribution in [2.45, 2.75) is 28.7 Å². The van der Waals surface area contributed by atoms with Gasteiger partial charge in [0.2, 0.25) is 0 Å². The Balaban J connectivity index is 1.69. The lowest BCUT2D eigenvalue weighted by atomic mass is 10.1. The molecule has 0 radical (unpaired) electrons. The molecule has 2 amide bonds. The molecule has 1 aliphatic carbocycles. The third-order valence-electron chi connectivity index (χ3n) is 4.62. The molecule has 1 fully saturated rings. The van der Waals surface area contributed by atoms with Crippen molar-refractivity contribution in [1.82, 2.24) is 4.31 Å². The van der Waals surface area contributed by atoms with Gasteiger partial charge in [-0.3, -0.25) is 9.59 Å². The van der Waals surface area contributed by atoms with Gasteiger partial charge in [-0.15, -0.1) is 0 Å². The first kappa shape index (κ1) is 18.6. The molecule has 2 aliphatic rings. The van der Waals surface area contributed by atoms with Crippen molar-refractivity contribution in [3.05, 3.63) is 53.6 Å². The molecular weight excluding hydrogens is 404 g/mol. The summed E-state index contributed by atoms with van der Waals surface area (Å²) in [5, 5.41) is 2.50. The zero-order valence-electron chi connectivity index (χ0n) is 14.7. The van der Waals surface area contributed by atoms with Gasteiger partial charge in [-0.05, 0) is 43.2 Å². The highest BCUT2D eigenvalue weighted by molar-refractivity contribution is 7.91. The van der Waals surface area contributed by atoms with Crippen LogP contribution in [0.15, 0.2) is 52.3 Å². The lowest BCUT2D eigenvalue weighted by molar-refractivity contribution is 0.0864. The molecule has 2 aromatic rings. The second-order valence-electron chi connectivity index (χ2n) is 6.77. The van der Waals surface area contributed by atoms with E-state index < -0.39 is 31.7 Å². The molecule has 0 spiro atoms. The predicted octanol–water partition coefficient (Wildman–Crippen LogP) is 1.65. The first-order chi connectivity index (χ1) is 13.1. The Labute approximate surface area is 162 Å². The van der Waals surface area contributed by atoms with E-state index in [-0.39, 0.29) is 32.6 Å². The Morgan fingerprint density at radius 2 is 1.82 bits per heavy atom. The molecule has 28 heavy (non-hydrogen) atoms. The number of para-hydroxylation sites is 1. The third kappa shape index (κ3) is 2.98. The van der Waals surface area contributed by atoms with Crippen LogP contribution in [0.4, 0.5) is 5.69 Å². The molecule has 0 aromatic heterocycles. The summed E-state index contributed by atoms with van der Waals surface area (Å²) in [5.74, 6) is -1.25. The normalized spacial score (nSPS) is 18.0. The van der Waals surface area contributed by atoms with E-state index in [1.165, 1.54) is 30.3 Å². The summed E-state index contributed by atoms with van der Waals surface area (Å²) in [4.78, 5) is 24.8. The predicted molar refractivity (Wildman–Crippen MR) is 100 cm³/mol. The maximum Gasteiger partial charge on any atom is 0.269 e. The molecule has 1 saturated carbocycles. The number of hydrogen-bond donors (Lipinski definition) is 1. The lowest BCUT2D eigenvalue weighted by Crippen LogP contribution is -2.31. The maximum absolute atomic E-state index is 12.7. The average Bonchev–Trinajstić information content (AvgIpc) is 3.42. The number of carbonyl (C=O) groups is 2. The van der Waals surface area contributed by atoms with Crippen LogP contribution >= 0.6 is 0 Å². The van der Waals surface area contributed by atoms with E-state index >= 15 is 0 Å². The molecule has 10 heteroatoms. The number of hydrogen-bond acceptors (Lipinski definition) is 6. The van der Waals surface area contributed by atoms with E-state index in [9.17, 15) is 26.4 Å². The highest BCUT2D eigenvalue weighted by atomic mass is 32.2. The van der Waals surface area contributed by atoms with Gasteiger partial charge >= 0.3 is 0 Å². The number of carbonyl (C=O) groups excluding carboxylic acids is 2. The van der Waals surface area contributed by atoms with Gasteiger partial charge in [-0.2, -0.15) is 0 Å². The molecule has 0 saturated heterocycles. The van der Waals surface area contributed by atoms with E-state index in [1.807, 2.05) is 0 Å². The van der Waals surface area contributed by atoms with Crippen molar-refractivity contribution in [3.63, 3.8) is 0 Å². The summed E-state index contributed by atoms with van der Waals surface area (Å²) in [6.45, 7) is 0. The van der Waals surface area contributed by atoms with Gasteiger partial charge in [0.25, 0.3) is 21.8 Å². The molecule has 0 bridgehead atoms. The number of benzene rings is 2. The summed E-state index contributed by atoms with van der Waals surface area (Å²) in [6, 6.07) is 9.42. The van der Waals surface area contributed by atoms with Crippen LogP contribution in [0.3, 0.4) is 0 Å². The second-order valence-corrected chi connectivity index (χ2v) is 10.5. The van der Waals surface area contributed by atoms with Crippen molar-refractivity contribution < 1.29 is 26.4 Å². The molecule has 0 unspecified atom stereocenters. The molecule has 8 nitrogen and oxygen atoms in total. The van der Waals surface area contributed by atoms with Crippen molar-refractivity contribution in [2.24, 2.45) is 0 Å². The van der Waals surface area contributed by atoms with Gasteiger partial charge in [0.05, 0.1) is 16.1 Å². The number of rotatable bonds is 4. The minimum Gasteiger partial charge on any atom is -0.321 e. The number of anilines is 1. The minimum absolute atomic E-state index is 0.0103. The van der Waals surface area contributed by atoms with Crippen molar-refractivity contribution in [1.29, 1.82) is 0 Å². The molecule has 1 N–H and O–H groups in total. The van der Waals surface area contributed by atoms with E-state index in [2.05, 4.69) is 5.32 Å². The highest BCUT2D eigenvalue weighted by Crippen LogP contribution is 2.39. The van der Waals surface area contributed by atoms with E-state index in [4.69, 9.17) is 0 Å². The molecular formula is C18H16N2O6S2. The number of nitrogens with one attached hydrogen (secondary N) is 1. The first-order valence-electron chi connectivity index (χ1n) is 8.44. The topological polar surface area (TPSA) is 118 Å². The van der Waals surface area contributed by atoms with Crippen LogP contribution < -0.4 is 5.32 Å². The Morgan fingerprint density at radius 3 is 2.46 bits per heavy atom. The van der Waals surface area contributed by atoms with E-state index in [0.29, 0.717) is 12.8 Å². The minimum atomic E-state index is -3.98. The smallest absolute Gasteiger partial charge is 0.269 e. The van der Waals surface area contributed by atoms with Gasteiger partial charge in [-0.1, -0.05) is 12.1 Å². The van der Waals surface area contributed by atoms with Crippen molar-refractivity contribution in [3.8, 4) is 0 Å². The molecule has 1 heterocycles. The van der Waals surface area contributed by atoms with Gasteiger partial charge < -0.3 is 5.32 Å². The quantitative estimate of drug-likeness (QED) is 0.804. The number of fused-ring (bicyclic) bond motifs is 1. The van der Waals surface area contributed by atoms with Crippen LogP contribution in [0.1, 0.15) is 33.6 Å². The second kappa shape index (κ2) is 6.14. The van der Waals surface area contributed by atoms with Crippen molar-refractivity contribution >= 4 is 37.4 Å². The molecule has 2 aromatic carbocycles. The van der Waals surface area contributed by atoms with E-state index in [0.717, 1.165) is 16.6 Å². The summed E-state index contributed by atoms with van der Waals surface area (Å²) < 4.78 is 50.0. The Bertz CT molecular complexity index is 1230. The van der Waals surface area contributed by atoms with Crippen LogP contribution in [0.2, 0.25) is 0 Å². The third-order valence-corrected chi connectivity index (χ3v) is 7.65. The standard InChI is InChI=1S/C18H16N2O6S2/c1-27(23,24)15-5-3-2-4-14(15)19-17(21)11-6-9-13-16(10-11)28(25,26)20(18(13)22)12-7-8-12/h2-6,9-10,12H,7-8H2,1H3,(H,19,21). The van der Waals surface area contributed by atoms with Gasteiger partial charge in [0, 0.05) is 17.9 Å². The number of nitrogens with zero attached hydrogens (tertiary/aromatic N) is 1. The van der Waals surface area contributed by atoms with Crippen LogP contribution in [-0.2, 0) is 19.9 Å². The monoisotopic (exact) mass is 420 g/mol. The fraction of sp³-hybridized carbons (Fsp3) is 0.222. The van der Waals surface area contributed by atoms with Crippen molar-refractivity contribution in [2.75, 3.05) is 11.6 Å². The number of amides is 2. The molecule has 4 rings (SSSR count). The summed E-state index contributed by atoms with van der Waals surface area (Å²) >= 11 is 0. The van der Waals surface area contributed by atoms with Gasteiger partial charge in [0.1, 0.15) is 4.90 Å². The van der Waals surface area contributed by atoms with Crippen LogP contribution in [0.25, 0.3) is 0 Å². The average molecular weight is 420 g/mol. The van der Waals surface area contributed by atoms with Crippen LogP contribution in [0.5, 0.6) is 0 Å². The lowest BCUT2D eigenvalue weighted by Gasteiger charge is -2.13. The molecule has 1 aliphatic heterocycles. The first-order valence-corrected chi connectivity index (χ1v) is 11.8. The molecule has 146 valence electrons. The Hall–Kier alpha value is -2.72. The van der Waals surface area contributed by atoms with Crippen LogP contribution in [-0.4, -0.2) is 45.3 Å². The van der Waals surface area contributed by atoms with Gasteiger partial charge in [-0.25, -0.2) is 21.1 Å². The summed E-state index contributed by atoms with van der Waals surface area (Å²) in [5.41, 5.74) is 0.144. The Kier molecular flexibility index (Phi) is 4.09. The SMILES string of the molecule is CS(=O)(=O)c1ccccc1NC(=O)c1ccc2c(c1)S(=O)(=O)N(C1CC1)C2=O. The molecule has 0 atom stereocenters. The van der Waals surface area contributed by atoms with E-state index in [1.54, 1.807) is 6.07 Å². The fourth-order valence-corrected chi connectivity index (χ4v) is 5.83. The largest absolute Gasteiger partial charge is 0.321 e. The fourth-order valence-electron chi connectivity index (χ4n) is 3.15. The maximum atomic E-state index is 12.7. The van der Waals surface area contributed by atoms with Gasteiger partial charge in [0.15, 0.2) is 9.84 Å². The van der Waals surface area contributed by atoms with Crippen LogP contribution in [0, 0.1) is 0 Å². The summed E-state index contributed by atoms with van der Waals surface area (Å²) in [6.07, 6.45) is 2.29. The summed E-state index contributed by atoms with van der Waals surface area (Å²) in [7, 11) is -7.55. The zero-order valence-corrected chi connectivity index (χ0v) is 16.4.